The highest BCUT2D eigenvalue weighted by molar-refractivity contribution is 14.0. The van der Waals surface area contributed by atoms with E-state index in [1.54, 1.807) is 0 Å². The standard InChI is InChI=1S/C17H26N8O.HI/c1-12-21-22-16(24(12)3)9-18-17(20-14-4-5-14)25-6-7-26-15(11-25)13-8-19-23(2)10-13;/h8,10,14-15H,4-7,9,11H2,1-3H3,(H,18,20);1H. The van der Waals surface area contributed by atoms with Gasteiger partial charge in [-0.2, -0.15) is 5.10 Å². The summed E-state index contributed by atoms with van der Waals surface area (Å²) in [6, 6.07) is 0.537. The van der Waals surface area contributed by atoms with Crippen LogP contribution < -0.4 is 5.32 Å². The van der Waals surface area contributed by atoms with Gasteiger partial charge in [-0.25, -0.2) is 4.99 Å². The van der Waals surface area contributed by atoms with Crippen molar-refractivity contribution in [3.8, 4) is 0 Å². The van der Waals surface area contributed by atoms with E-state index in [2.05, 4.69) is 25.5 Å². The van der Waals surface area contributed by atoms with Crippen LogP contribution in [0.5, 0.6) is 0 Å². The Morgan fingerprint density at radius 1 is 1.33 bits per heavy atom. The molecule has 4 rings (SSSR count). The Morgan fingerprint density at radius 3 is 2.78 bits per heavy atom. The molecule has 2 aromatic rings. The second-order valence-electron chi connectivity index (χ2n) is 7.03. The molecule has 3 heterocycles. The van der Waals surface area contributed by atoms with Crippen molar-refractivity contribution in [1.82, 2.24) is 34.8 Å². The van der Waals surface area contributed by atoms with Crippen molar-refractivity contribution in [2.45, 2.75) is 38.5 Å². The molecule has 2 aliphatic rings. The molecule has 1 atom stereocenters. The molecule has 2 aromatic heterocycles. The van der Waals surface area contributed by atoms with Gasteiger partial charge in [-0.15, -0.1) is 34.2 Å². The van der Waals surface area contributed by atoms with E-state index in [9.17, 15) is 0 Å². The van der Waals surface area contributed by atoms with E-state index in [-0.39, 0.29) is 30.1 Å². The summed E-state index contributed by atoms with van der Waals surface area (Å²) in [7, 11) is 3.90. The number of halogens is 1. The highest BCUT2D eigenvalue weighted by Gasteiger charge is 2.29. The van der Waals surface area contributed by atoms with E-state index in [1.807, 2.05) is 42.7 Å². The van der Waals surface area contributed by atoms with Crippen LogP contribution in [0.1, 0.15) is 36.2 Å². The van der Waals surface area contributed by atoms with Crippen LogP contribution in [-0.2, 0) is 25.4 Å². The molecule has 2 fully saturated rings. The van der Waals surface area contributed by atoms with Gasteiger partial charge in [-0.05, 0) is 19.8 Å². The van der Waals surface area contributed by atoms with E-state index in [0.29, 0.717) is 19.2 Å². The third-order valence-electron chi connectivity index (χ3n) is 4.93. The summed E-state index contributed by atoms with van der Waals surface area (Å²) in [4.78, 5) is 7.12. The first-order chi connectivity index (χ1) is 12.6. The maximum atomic E-state index is 5.96. The van der Waals surface area contributed by atoms with Gasteiger partial charge in [0.2, 0.25) is 0 Å². The van der Waals surface area contributed by atoms with E-state index in [1.165, 1.54) is 12.8 Å². The minimum Gasteiger partial charge on any atom is -0.370 e. The van der Waals surface area contributed by atoms with E-state index in [0.717, 1.165) is 36.3 Å². The Labute approximate surface area is 176 Å². The van der Waals surface area contributed by atoms with E-state index < -0.39 is 0 Å². The van der Waals surface area contributed by atoms with Crippen LogP contribution in [0, 0.1) is 6.92 Å². The van der Waals surface area contributed by atoms with Crippen LogP contribution in [0.3, 0.4) is 0 Å². The highest BCUT2D eigenvalue weighted by atomic mass is 127. The Balaban J connectivity index is 0.00000210. The van der Waals surface area contributed by atoms with Gasteiger partial charge in [0.05, 0.1) is 19.3 Å². The normalized spacial score (nSPS) is 20.5. The molecule has 0 aromatic carbocycles. The number of ether oxygens (including phenoxy) is 1. The molecule has 1 aliphatic heterocycles. The van der Waals surface area contributed by atoms with Crippen molar-refractivity contribution in [3.05, 3.63) is 29.6 Å². The molecule has 148 valence electrons. The number of aromatic nitrogens is 5. The Hall–Kier alpha value is -1.69. The molecule has 10 heteroatoms. The first kappa shape index (κ1) is 20.1. The largest absolute Gasteiger partial charge is 0.370 e. The number of nitrogens with one attached hydrogen (secondary N) is 1. The average Bonchev–Trinajstić information content (AvgIpc) is 3.28. The third-order valence-corrected chi connectivity index (χ3v) is 4.93. The van der Waals surface area contributed by atoms with Gasteiger partial charge in [0.15, 0.2) is 11.8 Å². The van der Waals surface area contributed by atoms with Crippen LogP contribution in [-0.4, -0.2) is 61.1 Å². The van der Waals surface area contributed by atoms with Gasteiger partial charge in [0, 0.05) is 38.4 Å². The zero-order chi connectivity index (χ0) is 18.1. The lowest BCUT2D eigenvalue weighted by atomic mass is 10.1. The van der Waals surface area contributed by atoms with Crippen LogP contribution in [0.2, 0.25) is 0 Å². The van der Waals surface area contributed by atoms with Gasteiger partial charge in [-0.1, -0.05) is 0 Å². The van der Waals surface area contributed by atoms with Crippen LogP contribution >= 0.6 is 24.0 Å². The number of nitrogens with zero attached hydrogens (tertiary/aromatic N) is 7. The smallest absolute Gasteiger partial charge is 0.194 e. The van der Waals surface area contributed by atoms with Crippen LogP contribution in [0.15, 0.2) is 17.4 Å². The number of hydrogen-bond acceptors (Lipinski definition) is 5. The van der Waals surface area contributed by atoms with Gasteiger partial charge in [0.1, 0.15) is 18.5 Å². The number of aryl methyl sites for hydroxylation is 2. The molecule has 9 nitrogen and oxygen atoms in total. The topological polar surface area (TPSA) is 85.4 Å². The Bertz CT molecular complexity index is 797. The maximum Gasteiger partial charge on any atom is 0.194 e. The lowest BCUT2D eigenvalue weighted by Crippen LogP contribution is -2.48. The SMILES string of the molecule is Cc1nnc(CN=C(NC2CC2)N2CCOC(c3cnn(C)c3)C2)n1C.I. The fourth-order valence-corrected chi connectivity index (χ4v) is 3.03. The Morgan fingerprint density at radius 2 is 2.15 bits per heavy atom. The van der Waals surface area contributed by atoms with Crippen LogP contribution in [0.4, 0.5) is 0 Å². The fourth-order valence-electron chi connectivity index (χ4n) is 3.03. The molecule has 1 saturated heterocycles. The molecule has 0 radical (unpaired) electrons. The predicted molar refractivity (Wildman–Crippen MR) is 112 cm³/mol. The van der Waals surface area contributed by atoms with E-state index in [4.69, 9.17) is 9.73 Å². The van der Waals surface area contributed by atoms with Gasteiger partial charge in [0.25, 0.3) is 0 Å². The number of hydrogen-bond donors (Lipinski definition) is 1. The fraction of sp³-hybridized carbons (Fsp3) is 0.647. The molecule has 1 aliphatic carbocycles. The summed E-state index contributed by atoms with van der Waals surface area (Å²) in [6.07, 6.45) is 6.32. The van der Waals surface area contributed by atoms with Crippen molar-refractivity contribution >= 4 is 29.9 Å². The number of rotatable bonds is 4. The van der Waals surface area contributed by atoms with Gasteiger partial charge in [-0.3, -0.25) is 4.68 Å². The molecular weight excluding hydrogens is 459 g/mol. The number of morpholine rings is 1. The summed E-state index contributed by atoms with van der Waals surface area (Å²) >= 11 is 0. The highest BCUT2D eigenvalue weighted by Crippen LogP contribution is 2.23. The lowest BCUT2D eigenvalue weighted by molar-refractivity contribution is -0.00812. The quantitative estimate of drug-likeness (QED) is 0.397. The molecule has 1 saturated carbocycles. The van der Waals surface area contributed by atoms with Gasteiger partial charge < -0.3 is 19.5 Å². The molecule has 1 unspecified atom stereocenters. The molecule has 0 bridgehead atoms. The number of guanidine groups is 1. The van der Waals surface area contributed by atoms with Crippen molar-refractivity contribution in [3.63, 3.8) is 0 Å². The molecule has 0 amide bonds. The van der Waals surface area contributed by atoms with Crippen molar-refractivity contribution in [2.24, 2.45) is 19.1 Å². The Kier molecular flexibility index (Phi) is 6.35. The van der Waals surface area contributed by atoms with E-state index >= 15 is 0 Å². The van der Waals surface area contributed by atoms with Crippen molar-refractivity contribution in [2.75, 3.05) is 19.7 Å². The zero-order valence-electron chi connectivity index (χ0n) is 16.0. The molecular formula is C17H27IN8O. The minimum atomic E-state index is 0. The lowest BCUT2D eigenvalue weighted by Gasteiger charge is -2.35. The second-order valence-corrected chi connectivity index (χ2v) is 7.03. The van der Waals surface area contributed by atoms with Crippen molar-refractivity contribution in [1.29, 1.82) is 0 Å². The molecule has 0 spiro atoms. The third kappa shape index (κ3) is 4.78. The second kappa shape index (κ2) is 8.55. The molecule has 1 N–H and O–H groups in total. The van der Waals surface area contributed by atoms with Crippen molar-refractivity contribution < 1.29 is 4.74 Å². The summed E-state index contributed by atoms with van der Waals surface area (Å²) in [6.45, 7) is 4.73. The van der Waals surface area contributed by atoms with Crippen LogP contribution in [0.25, 0.3) is 0 Å². The monoisotopic (exact) mass is 486 g/mol. The minimum absolute atomic E-state index is 0. The molecule has 27 heavy (non-hydrogen) atoms. The summed E-state index contributed by atoms with van der Waals surface area (Å²) in [5.74, 6) is 2.70. The zero-order valence-corrected chi connectivity index (χ0v) is 18.3. The predicted octanol–water partition coefficient (Wildman–Crippen LogP) is 1.16. The first-order valence-corrected chi connectivity index (χ1v) is 9.11. The summed E-state index contributed by atoms with van der Waals surface area (Å²) < 4.78 is 9.75. The maximum absolute atomic E-state index is 5.96. The van der Waals surface area contributed by atoms with Gasteiger partial charge >= 0.3 is 0 Å². The summed E-state index contributed by atoms with van der Waals surface area (Å²) in [5.41, 5.74) is 1.10. The average molecular weight is 486 g/mol. The number of aliphatic imine (C=N–C) groups is 1. The summed E-state index contributed by atoms with van der Waals surface area (Å²) in [5, 5.41) is 16.2. The first-order valence-electron chi connectivity index (χ1n) is 9.11.